The predicted molar refractivity (Wildman–Crippen MR) is 86.3 cm³/mol. The molecule has 1 aromatic carbocycles. The van der Waals surface area contributed by atoms with Gasteiger partial charge in [-0.05, 0) is 32.0 Å². The first-order valence-electron chi connectivity index (χ1n) is 6.87. The van der Waals surface area contributed by atoms with Crippen LogP contribution in [0.4, 0.5) is 5.69 Å². The molecular formula is C15H19ClN2O2S. The fraction of sp³-hybridized carbons (Fsp3) is 0.333. The van der Waals surface area contributed by atoms with Gasteiger partial charge in [-0.2, -0.15) is 0 Å². The van der Waals surface area contributed by atoms with Crippen molar-refractivity contribution in [3.63, 3.8) is 0 Å². The molecule has 0 atom stereocenters. The maximum Gasteiger partial charge on any atom is 0.265 e. The molecule has 2 rings (SSSR count). The van der Waals surface area contributed by atoms with Crippen molar-refractivity contribution in [2.45, 2.75) is 31.2 Å². The molecule has 0 radical (unpaired) electrons. The molecule has 0 aliphatic carbocycles. The number of rotatable bonds is 6. The molecule has 2 aromatic rings. The van der Waals surface area contributed by atoms with E-state index in [-0.39, 0.29) is 4.90 Å². The third-order valence-corrected chi connectivity index (χ3v) is 5.50. The standard InChI is InChI=1S/C15H19ClN2O2S/c1-3-17-12-15(10-14(17)11-16)21(19,20)18(4-2)13-8-6-5-7-9-13/h5-10,12H,3-4,11H2,1-2H3. The molecule has 0 N–H and O–H groups in total. The van der Waals surface area contributed by atoms with Gasteiger partial charge in [0.25, 0.3) is 10.0 Å². The van der Waals surface area contributed by atoms with Crippen molar-refractivity contribution in [3.8, 4) is 0 Å². The Kier molecular flexibility index (Phi) is 4.96. The molecule has 114 valence electrons. The first-order chi connectivity index (χ1) is 10.0. The van der Waals surface area contributed by atoms with E-state index in [1.165, 1.54) is 4.31 Å². The number of anilines is 1. The highest BCUT2D eigenvalue weighted by Crippen LogP contribution is 2.25. The van der Waals surface area contributed by atoms with Crippen LogP contribution < -0.4 is 4.31 Å². The fourth-order valence-corrected chi connectivity index (χ4v) is 4.05. The second-order valence-corrected chi connectivity index (χ2v) is 6.72. The molecule has 4 nitrogen and oxygen atoms in total. The summed E-state index contributed by atoms with van der Waals surface area (Å²) in [5, 5.41) is 0. The second-order valence-electron chi connectivity index (χ2n) is 4.59. The Bertz CT molecular complexity index is 674. The van der Waals surface area contributed by atoms with Crippen molar-refractivity contribution in [2.24, 2.45) is 0 Å². The number of aryl methyl sites for hydroxylation is 1. The summed E-state index contributed by atoms with van der Waals surface area (Å²) in [4.78, 5) is 0.283. The van der Waals surface area contributed by atoms with E-state index in [0.29, 0.717) is 24.7 Å². The highest BCUT2D eigenvalue weighted by Gasteiger charge is 2.25. The summed E-state index contributed by atoms with van der Waals surface area (Å²) in [7, 11) is -3.57. The molecule has 0 bridgehead atoms. The smallest absolute Gasteiger partial charge is 0.265 e. The Morgan fingerprint density at radius 3 is 2.33 bits per heavy atom. The normalized spacial score (nSPS) is 11.6. The lowest BCUT2D eigenvalue weighted by Gasteiger charge is -2.22. The molecule has 0 saturated carbocycles. The van der Waals surface area contributed by atoms with E-state index in [1.54, 1.807) is 24.4 Å². The molecule has 1 aromatic heterocycles. The van der Waals surface area contributed by atoms with Gasteiger partial charge < -0.3 is 4.57 Å². The number of para-hydroxylation sites is 1. The van der Waals surface area contributed by atoms with Crippen LogP contribution in [-0.4, -0.2) is 19.5 Å². The van der Waals surface area contributed by atoms with Gasteiger partial charge in [-0.1, -0.05) is 18.2 Å². The van der Waals surface area contributed by atoms with Crippen LogP contribution in [0.3, 0.4) is 0 Å². The molecule has 0 amide bonds. The lowest BCUT2D eigenvalue weighted by Crippen LogP contribution is -2.30. The van der Waals surface area contributed by atoms with E-state index in [9.17, 15) is 8.42 Å². The summed E-state index contributed by atoms with van der Waals surface area (Å²) >= 11 is 5.88. The number of sulfonamides is 1. The minimum absolute atomic E-state index is 0.283. The molecule has 1 heterocycles. The summed E-state index contributed by atoms with van der Waals surface area (Å²) in [5.41, 5.74) is 1.47. The first kappa shape index (κ1) is 15.9. The minimum Gasteiger partial charge on any atom is -0.349 e. The Morgan fingerprint density at radius 2 is 1.86 bits per heavy atom. The van der Waals surface area contributed by atoms with Crippen molar-refractivity contribution >= 4 is 27.3 Å². The summed E-state index contributed by atoms with van der Waals surface area (Å²) in [6.45, 7) is 4.85. The number of alkyl halides is 1. The first-order valence-corrected chi connectivity index (χ1v) is 8.84. The third kappa shape index (κ3) is 3.09. The van der Waals surface area contributed by atoms with Gasteiger partial charge in [-0.15, -0.1) is 11.6 Å². The number of benzene rings is 1. The summed E-state index contributed by atoms with van der Waals surface area (Å²) < 4.78 is 28.9. The minimum atomic E-state index is -3.57. The maximum atomic E-state index is 12.8. The predicted octanol–water partition coefficient (Wildman–Crippen LogP) is 3.46. The van der Waals surface area contributed by atoms with Crippen LogP contribution in [0, 0.1) is 0 Å². The zero-order valence-electron chi connectivity index (χ0n) is 12.2. The molecule has 0 unspecified atom stereocenters. The zero-order chi connectivity index (χ0) is 15.5. The molecular weight excluding hydrogens is 308 g/mol. The third-order valence-electron chi connectivity index (χ3n) is 3.36. The molecule has 21 heavy (non-hydrogen) atoms. The van der Waals surface area contributed by atoms with Crippen LogP contribution >= 0.6 is 11.6 Å². The van der Waals surface area contributed by atoms with Gasteiger partial charge in [0, 0.05) is 25.0 Å². The van der Waals surface area contributed by atoms with E-state index >= 15 is 0 Å². The highest BCUT2D eigenvalue weighted by molar-refractivity contribution is 7.92. The molecule has 0 aliphatic rings. The monoisotopic (exact) mass is 326 g/mol. The van der Waals surface area contributed by atoms with Gasteiger partial charge in [0.05, 0.1) is 11.6 Å². The summed E-state index contributed by atoms with van der Waals surface area (Å²) in [5.74, 6) is 0.292. The molecule has 0 spiro atoms. The zero-order valence-corrected chi connectivity index (χ0v) is 13.7. The van der Waals surface area contributed by atoms with Crippen molar-refractivity contribution in [1.29, 1.82) is 0 Å². The Morgan fingerprint density at radius 1 is 1.19 bits per heavy atom. The summed E-state index contributed by atoms with van der Waals surface area (Å²) in [6.07, 6.45) is 1.65. The average molecular weight is 327 g/mol. The van der Waals surface area contributed by atoms with Crippen LogP contribution in [0.25, 0.3) is 0 Å². The number of halogens is 1. The largest absolute Gasteiger partial charge is 0.349 e. The number of hydrogen-bond donors (Lipinski definition) is 0. The topological polar surface area (TPSA) is 42.3 Å². The molecule has 0 aliphatic heterocycles. The Labute approximate surface area is 131 Å². The van der Waals surface area contributed by atoms with Gasteiger partial charge in [0.1, 0.15) is 4.90 Å². The molecule has 6 heteroatoms. The van der Waals surface area contributed by atoms with Gasteiger partial charge in [-0.3, -0.25) is 4.31 Å². The van der Waals surface area contributed by atoms with Gasteiger partial charge in [0.2, 0.25) is 0 Å². The molecule has 0 fully saturated rings. The van der Waals surface area contributed by atoms with E-state index in [4.69, 9.17) is 11.6 Å². The van der Waals surface area contributed by atoms with E-state index in [1.807, 2.05) is 36.6 Å². The van der Waals surface area contributed by atoms with Gasteiger partial charge in [-0.25, -0.2) is 8.42 Å². The van der Waals surface area contributed by atoms with Crippen LogP contribution in [0.2, 0.25) is 0 Å². The maximum absolute atomic E-state index is 12.8. The second kappa shape index (κ2) is 6.54. The van der Waals surface area contributed by atoms with Crippen molar-refractivity contribution in [1.82, 2.24) is 4.57 Å². The summed E-state index contributed by atoms with van der Waals surface area (Å²) in [6, 6.07) is 10.8. The fourth-order valence-electron chi connectivity index (χ4n) is 2.28. The number of aromatic nitrogens is 1. The van der Waals surface area contributed by atoms with Crippen molar-refractivity contribution in [3.05, 3.63) is 48.3 Å². The SMILES string of the molecule is CCN(c1ccccc1)S(=O)(=O)c1cc(CCl)n(CC)c1. The lowest BCUT2D eigenvalue weighted by atomic mass is 10.3. The Balaban J connectivity index is 2.47. The van der Waals surface area contributed by atoms with Gasteiger partial charge >= 0.3 is 0 Å². The van der Waals surface area contributed by atoms with Crippen molar-refractivity contribution < 1.29 is 8.42 Å². The Hall–Kier alpha value is -1.46. The average Bonchev–Trinajstić information content (AvgIpc) is 2.93. The van der Waals surface area contributed by atoms with E-state index in [2.05, 4.69) is 0 Å². The highest BCUT2D eigenvalue weighted by atomic mass is 35.5. The van der Waals surface area contributed by atoms with Crippen LogP contribution in [-0.2, 0) is 22.4 Å². The number of nitrogens with zero attached hydrogens (tertiary/aromatic N) is 2. The van der Waals surface area contributed by atoms with E-state index in [0.717, 1.165) is 5.69 Å². The lowest BCUT2D eigenvalue weighted by molar-refractivity contribution is 0.591. The van der Waals surface area contributed by atoms with E-state index < -0.39 is 10.0 Å². The van der Waals surface area contributed by atoms with Crippen LogP contribution in [0.1, 0.15) is 19.5 Å². The van der Waals surface area contributed by atoms with Crippen LogP contribution in [0.15, 0.2) is 47.5 Å². The van der Waals surface area contributed by atoms with Gasteiger partial charge in [0.15, 0.2) is 0 Å². The number of hydrogen-bond acceptors (Lipinski definition) is 2. The quantitative estimate of drug-likeness (QED) is 0.763. The van der Waals surface area contributed by atoms with Crippen molar-refractivity contribution in [2.75, 3.05) is 10.8 Å². The van der Waals surface area contributed by atoms with Crippen LogP contribution in [0.5, 0.6) is 0 Å². The molecule has 0 saturated heterocycles.